The van der Waals surface area contributed by atoms with Gasteiger partial charge in [-0.1, -0.05) is 54.2 Å². The van der Waals surface area contributed by atoms with Gasteiger partial charge in [-0.25, -0.2) is 0 Å². The first-order valence-corrected chi connectivity index (χ1v) is 7.87. The predicted molar refractivity (Wildman–Crippen MR) is 92.7 cm³/mol. The van der Waals surface area contributed by atoms with Crippen molar-refractivity contribution in [2.24, 2.45) is 5.92 Å². The summed E-state index contributed by atoms with van der Waals surface area (Å²) in [7, 11) is 2.15. The van der Waals surface area contributed by atoms with Crippen LogP contribution in [0.4, 0.5) is 0 Å². The number of para-hydroxylation sites is 1. The monoisotopic (exact) mass is 293 g/mol. The van der Waals surface area contributed by atoms with Gasteiger partial charge in [0.2, 0.25) is 0 Å². The molecule has 0 saturated carbocycles. The average molecular weight is 293 g/mol. The minimum Gasteiger partial charge on any atom is -0.464 e. The maximum Gasteiger partial charge on any atom is 0.134 e. The Morgan fingerprint density at radius 1 is 1.32 bits per heavy atom. The minimum absolute atomic E-state index is 0.548. The molecule has 1 aliphatic rings. The van der Waals surface area contributed by atoms with Crippen LogP contribution in [0.1, 0.15) is 18.9 Å². The van der Waals surface area contributed by atoms with E-state index in [4.69, 9.17) is 4.42 Å². The van der Waals surface area contributed by atoms with Gasteiger partial charge in [0.05, 0.1) is 6.26 Å². The first-order valence-electron chi connectivity index (χ1n) is 7.87. The smallest absolute Gasteiger partial charge is 0.134 e. The molecule has 2 heteroatoms. The Labute approximate surface area is 132 Å². The standard InChI is InChI=1S/C20H23NO/c1-16-9-11-17(12-10-16)6-5-13-21(2)14-18-15-22-20-8-4-3-7-19(18)20/h3-11,15,17H,12-14H2,1-2H3/b6-5+. The third-order valence-corrected chi connectivity index (χ3v) is 4.12. The van der Waals surface area contributed by atoms with Crippen molar-refractivity contribution >= 4 is 11.0 Å². The topological polar surface area (TPSA) is 16.4 Å². The van der Waals surface area contributed by atoms with Gasteiger partial charge in [0.25, 0.3) is 0 Å². The second-order valence-corrected chi connectivity index (χ2v) is 6.09. The van der Waals surface area contributed by atoms with Gasteiger partial charge in [-0.3, -0.25) is 4.90 Å². The number of hydrogen-bond donors (Lipinski definition) is 0. The van der Waals surface area contributed by atoms with Gasteiger partial charge in [0.15, 0.2) is 0 Å². The van der Waals surface area contributed by atoms with E-state index in [1.807, 2.05) is 18.4 Å². The number of fused-ring (bicyclic) bond motifs is 1. The SMILES string of the molecule is CC1=CCC(/C=C/CN(C)Cc2coc3ccccc23)C=C1. The fourth-order valence-corrected chi connectivity index (χ4v) is 2.81. The number of allylic oxidation sites excluding steroid dienone is 5. The van der Waals surface area contributed by atoms with Crippen LogP contribution in [0.25, 0.3) is 11.0 Å². The van der Waals surface area contributed by atoms with E-state index in [-0.39, 0.29) is 0 Å². The Morgan fingerprint density at radius 2 is 2.18 bits per heavy atom. The molecule has 1 aromatic carbocycles. The molecule has 0 amide bonds. The van der Waals surface area contributed by atoms with E-state index in [1.54, 1.807) is 0 Å². The molecule has 0 aliphatic heterocycles. The number of nitrogens with zero attached hydrogens (tertiary/aromatic N) is 1. The zero-order valence-corrected chi connectivity index (χ0v) is 13.3. The summed E-state index contributed by atoms with van der Waals surface area (Å²) in [4.78, 5) is 2.31. The second-order valence-electron chi connectivity index (χ2n) is 6.09. The largest absolute Gasteiger partial charge is 0.464 e. The first kappa shape index (κ1) is 14.9. The molecule has 1 aliphatic carbocycles. The van der Waals surface area contributed by atoms with Gasteiger partial charge in [-0.05, 0) is 32.4 Å². The highest BCUT2D eigenvalue weighted by atomic mass is 16.3. The van der Waals surface area contributed by atoms with E-state index in [0.717, 1.165) is 25.1 Å². The van der Waals surface area contributed by atoms with Crippen molar-refractivity contribution in [3.8, 4) is 0 Å². The van der Waals surface area contributed by atoms with Crippen LogP contribution in [-0.2, 0) is 6.54 Å². The van der Waals surface area contributed by atoms with Gasteiger partial charge in [0, 0.05) is 24.0 Å². The Bertz CT molecular complexity index is 720. The predicted octanol–water partition coefficient (Wildman–Crippen LogP) is 4.94. The van der Waals surface area contributed by atoms with Crippen LogP contribution < -0.4 is 0 Å². The zero-order valence-electron chi connectivity index (χ0n) is 13.3. The number of furan rings is 1. The molecule has 3 rings (SSSR count). The molecule has 22 heavy (non-hydrogen) atoms. The molecule has 0 radical (unpaired) electrons. The van der Waals surface area contributed by atoms with E-state index >= 15 is 0 Å². The number of hydrogen-bond acceptors (Lipinski definition) is 2. The number of likely N-dealkylation sites (N-methyl/N-ethyl adjacent to an activating group) is 1. The molecule has 1 aromatic heterocycles. The molecule has 2 aromatic rings. The fraction of sp³-hybridized carbons (Fsp3) is 0.300. The van der Waals surface area contributed by atoms with Gasteiger partial charge in [0.1, 0.15) is 5.58 Å². The molecule has 0 spiro atoms. The molecular formula is C20H23NO. The van der Waals surface area contributed by atoms with Crippen molar-refractivity contribution in [2.75, 3.05) is 13.6 Å². The Morgan fingerprint density at radius 3 is 3.00 bits per heavy atom. The van der Waals surface area contributed by atoms with Crippen LogP contribution >= 0.6 is 0 Å². The molecule has 0 N–H and O–H groups in total. The molecule has 1 heterocycles. The van der Waals surface area contributed by atoms with Crippen LogP contribution in [-0.4, -0.2) is 18.5 Å². The summed E-state index contributed by atoms with van der Waals surface area (Å²) in [5.74, 6) is 0.548. The molecule has 114 valence electrons. The van der Waals surface area contributed by atoms with Crippen molar-refractivity contribution in [3.05, 3.63) is 72.0 Å². The van der Waals surface area contributed by atoms with Gasteiger partial charge < -0.3 is 4.42 Å². The van der Waals surface area contributed by atoms with E-state index in [1.165, 1.54) is 16.5 Å². The van der Waals surface area contributed by atoms with Gasteiger partial charge >= 0.3 is 0 Å². The highest BCUT2D eigenvalue weighted by Crippen LogP contribution is 2.22. The molecule has 0 bridgehead atoms. The number of benzene rings is 1. The lowest BCUT2D eigenvalue weighted by Crippen LogP contribution is -2.17. The summed E-state index contributed by atoms with van der Waals surface area (Å²) in [5.41, 5.74) is 3.59. The van der Waals surface area contributed by atoms with Crippen molar-refractivity contribution in [1.82, 2.24) is 4.90 Å². The molecule has 0 saturated heterocycles. The molecule has 2 nitrogen and oxygen atoms in total. The van der Waals surface area contributed by atoms with E-state index in [0.29, 0.717) is 5.92 Å². The Hall–Kier alpha value is -2.06. The molecule has 1 atom stereocenters. The third-order valence-electron chi connectivity index (χ3n) is 4.12. The summed E-state index contributed by atoms with van der Waals surface area (Å²) in [6, 6.07) is 8.21. The lowest BCUT2D eigenvalue weighted by molar-refractivity contribution is 0.362. The van der Waals surface area contributed by atoms with Crippen molar-refractivity contribution in [2.45, 2.75) is 19.9 Å². The zero-order chi connectivity index (χ0) is 15.4. The second kappa shape index (κ2) is 6.80. The molecule has 1 unspecified atom stereocenters. The quantitative estimate of drug-likeness (QED) is 0.726. The van der Waals surface area contributed by atoms with Crippen LogP contribution in [0, 0.1) is 5.92 Å². The highest BCUT2D eigenvalue weighted by molar-refractivity contribution is 5.80. The van der Waals surface area contributed by atoms with Gasteiger partial charge in [-0.2, -0.15) is 0 Å². The summed E-state index contributed by atoms with van der Waals surface area (Å²) in [6.07, 6.45) is 14.4. The summed E-state index contributed by atoms with van der Waals surface area (Å²) >= 11 is 0. The summed E-state index contributed by atoms with van der Waals surface area (Å²) in [6.45, 7) is 4.01. The van der Waals surface area contributed by atoms with Crippen molar-refractivity contribution in [3.63, 3.8) is 0 Å². The van der Waals surface area contributed by atoms with Crippen LogP contribution in [0.15, 0.2) is 70.9 Å². The first-order chi connectivity index (χ1) is 10.7. The molecular weight excluding hydrogens is 270 g/mol. The van der Waals surface area contributed by atoms with E-state index in [9.17, 15) is 0 Å². The Kier molecular flexibility index (Phi) is 4.59. The Balaban J connectivity index is 1.54. The fourth-order valence-electron chi connectivity index (χ4n) is 2.81. The molecule has 0 fully saturated rings. The van der Waals surface area contributed by atoms with E-state index < -0.39 is 0 Å². The van der Waals surface area contributed by atoms with Gasteiger partial charge in [-0.15, -0.1) is 0 Å². The lowest BCUT2D eigenvalue weighted by atomic mass is 9.97. The third kappa shape index (κ3) is 3.58. The summed E-state index contributed by atoms with van der Waals surface area (Å²) < 4.78 is 5.60. The van der Waals surface area contributed by atoms with Crippen LogP contribution in [0.3, 0.4) is 0 Å². The average Bonchev–Trinajstić information content (AvgIpc) is 2.93. The van der Waals surface area contributed by atoms with E-state index in [2.05, 4.69) is 61.4 Å². The number of rotatable bonds is 5. The minimum atomic E-state index is 0.548. The van der Waals surface area contributed by atoms with Crippen LogP contribution in [0.2, 0.25) is 0 Å². The highest BCUT2D eigenvalue weighted by Gasteiger charge is 2.07. The maximum atomic E-state index is 5.60. The van der Waals surface area contributed by atoms with Crippen LogP contribution in [0.5, 0.6) is 0 Å². The summed E-state index contributed by atoms with van der Waals surface area (Å²) in [5, 5.41) is 1.22. The maximum absolute atomic E-state index is 5.60. The van der Waals surface area contributed by atoms with Crippen molar-refractivity contribution in [1.29, 1.82) is 0 Å². The normalized spacial score (nSPS) is 18.5. The van der Waals surface area contributed by atoms with Crippen molar-refractivity contribution < 1.29 is 4.42 Å². The lowest BCUT2D eigenvalue weighted by Gasteiger charge is -2.14.